The molecule has 0 spiro atoms. The topological polar surface area (TPSA) is 62.5 Å². The zero-order valence-corrected chi connectivity index (χ0v) is 12.2. The lowest BCUT2D eigenvalue weighted by molar-refractivity contribution is 0.0897. The van der Waals surface area contributed by atoms with Crippen molar-refractivity contribution in [3.63, 3.8) is 0 Å². The van der Waals surface area contributed by atoms with Crippen LogP contribution in [0.15, 0.2) is 45.7 Å². The molecule has 20 heavy (non-hydrogen) atoms. The monoisotopic (exact) mass is 291 g/mol. The van der Waals surface area contributed by atoms with Gasteiger partial charge in [-0.25, -0.2) is 0 Å². The van der Waals surface area contributed by atoms with Crippen LogP contribution in [0.2, 0.25) is 0 Å². The molecule has 106 valence electrons. The van der Waals surface area contributed by atoms with E-state index in [2.05, 4.69) is 5.32 Å². The first kappa shape index (κ1) is 14.7. The van der Waals surface area contributed by atoms with Crippen molar-refractivity contribution < 1.29 is 14.3 Å². The second-order valence-electron chi connectivity index (χ2n) is 4.37. The van der Waals surface area contributed by atoms with E-state index in [0.717, 1.165) is 10.7 Å². The molecule has 1 heterocycles. The molecule has 2 aromatic rings. The van der Waals surface area contributed by atoms with E-state index < -0.39 is 6.10 Å². The zero-order chi connectivity index (χ0) is 14.5. The SMILES string of the molecule is CSc1ccccc1C(=O)NCC(O)c1ccc(C)o1. The summed E-state index contributed by atoms with van der Waals surface area (Å²) in [6.45, 7) is 1.93. The van der Waals surface area contributed by atoms with Crippen LogP contribution in [0.3, 0.4) is 0 Å². The number of hydrogen-bond acceptors (Lipinski definition) is 4. The summed E-state index contributed by atoms with van der Waals surface area (Å²) in [6.07, 6.45) is 1.08. The number of aliphatic hydroxyl groups excluding tert-OH is 1. The Balaban J connectivity index is 1.98. The Morgan fingerprint density at radius 2 is 2.10 bits per heavy atom. The minimum Gasteiger partial charge on any atom is -0.464 e. The Kier molecular flexibility index (Phi) is 4.87. The molecule has 1 aromatic carbocycles. The van der Waals surface area contributed by atoms with Gasteiger partial charge in [0.15, 0.2) is 0 Å². The average molecular weight is 291 g/mol. The number of rotatable bonds is 5. The molecule has 0 bridgehead atoms. The van der Waals surface area contributed by atoms with Gasteiger partial charge < -0.3 is 14.8 Å². The first-order valence-electron chi connectivity index (χ1n) is 6.27. The van der Waals surface area contributed by atoms with Gasteiger partial charge >= 0.3 is 0 Å². The summed E-state index contributed by atoms with van der Waals surface area (Å²) < 4.78 is 5.32. The van der Waals surface area contributed by atoms with Gasteiger partial charge in [0.05, 0.1) is 12.1 Å². The second kappa shape index (κ2) is 6.63. The fourth-order valence-corrected chi connectivity index (χ4v) is 2.45. The third-order valence-corrected chi connectivity index (χ3v) is 3.69. The third kappa shape index (κ3) is 3.43. The van der Waals surface area contributed by atoms with Crippen molar-refractivity contribution in [2.24, 2.45) is 0 Å². The van der Waals surface area contributed by atoms with Gasteiger partial charge in [-0.05, 0) is 37.4 Å². The summed E-state index contributed by atoms with van der Waals surface area (Å²) in [4.78, 5) is 13.0. The average Bonchev–Trinajstić information content (AvgIpc) is 2.91. The highest BCUT2D eigenvalue weighted by Crippen LogP contribution is 2.20. The van der Waals surface area contributed by atoms with Crippen LogP contribution in [-0.2, 0) is 0 Å². The normalized spacial score (nSPS) is 12.2. The van der Waals surface area contributed by atoms with Gasteiger partial charge in [0.25, 0.3) is 5.91 Å². The fourth-order valence-electron chi connectivity index (χ4n) is 1.85. The van der Waals surface area contributed by atoms with Crippen LogP contribution in [-0.4, -0.2) is 23.8 Å². The lowest BCUT2D eigenvalue weighted by Crippen LogP contribution is -2.28. The first-order valence-corrected chi connectivity index (χ1v) is 7.50. The summed E-state index contributed by atoms with van der Waals surface area (Å²) in [5, 5.41) is 12.7. The predicted octanol–water partition coefficient (Wildman–Crippen LogP) is 2.77. The Morgan fingerprint density at radius 1 is 1.35 bits per heavy atom. The minimum absolute atomic E-state index is 0.120. The van der Waals surface area contributed by atoms with Gasteiger partial charge in [-0.3, -0.25) is 4.79 Å². The molecule has 0 aliphatic carbocycles. The number of amides is 1. The third-order valence-electron chi connectivity index (χ3n) is 2.90. The predicted molar refractivity (Wildman–Crippen MR) is 79.0 cm³/mol. The summed E-state index contributed by atoms with van der Waals surface area (Å²) >= 11 is 1.52. The highest BCUT2D eigenvalue weighted by Gasteiger charge is 2.15. The highest BCUT2D eigenvalue weighted by molar-refractivity contribution is 7.98. The van der Waals surface area contributed by atoms with Crippen LogP contribution < -0.4 is 5.32 Å². The van der Waals surface area contributed by atoms with Crippen LogP contribution in [0.4, 0.5) is 0 Å². The van der Waals surface area contributed by atoms with Crippen LogP contribution in [0.1, 0.15) is 28.0 Å². The number of hydrogen-bond donors (Lipinski definition) is 2. The lowest BCUT2D eigenvalue weighted by atomic mass is 10.2. The van der Waals surface area contributed by atoms with E-state index in [-0.39, 0.29) is 12.5 Å². The number of thioether (sulfide) groups is 1. The maximum atomic E-state index is 12.1. The molecule has 4 nitrogen and oxygen atoms in total. The Labute approximate surface area is 122 Å². The minimum atomic E-state index is -0.839. The standard InChI is InChI=1S/C15H17NO3S/c1-10-7-8-13(19-10)12(17)9-16-15(18)11-5-3-4-6-14(11)20-2/h3-8,12,17H,9H2,1-2H3,(H,16,18). The molecule has 5 heteroatoms. The number of benzene rings is 1. The second-order valence-corrected chi connectivity index (χ2v) is 5.22. The van der Waals surface area contributed by atoms with Crippen molar-refractivity contribution in [2.75, 3.05) is 12.8 Å². The molecule has 1 amide bonds. The summed E-state index contributed by atoms with van der Waals surface area (Å²) in [6, 6.07) is 10.9. The highest BCUT2D eigenvalue weighted by atomic mass is 32.2. The van der Waals surface area contributed by atoms with Crippen LogP contribution >= 0.6 is 11.8 Å². The van der Waals surface area contributed by atoms with Crippen LogP contribution in [0.5, 0.6) is 0 Å². The Bertz CT molecular complexity index is 594. The van der Waals surface area contributed by atoms with E-state index in [9.17, 15) is 9.90 Å². The zero-order valence-electron chi connectivity index (χ0n) is 11.4. The molecule has 2 rings (SSSR count). The number of carbonyl (C=O) groups excluding carboxylic acids is 1. The van der Waals surface area contributed by atoms with Gasteiger partial charge in [-0.15, -0.1) is 11.8 Å². The van der Waals surface area contributed by atoms with Gasteiger partial charge in [-0.2, -0.15) is 0 Å². The molecular weight excluding hydrogens is 274 g/mol. The summed E-state index contributed by atoms with van der Waals surface area (Å²) in [7, 11) is 0. The number of aryl methyl sites for hydroxylation is 1. The smallest absolute Gasteiger partial charge is 0.252 e. The fraction of sp³-hybridized carbons (Fsp3) is 0.267. The summed E-state index contributed by atoms with van der Waals surface area (Å²) in [5.41, 5.74) is 0.614. The quantitative estimate of drug-likeness (QED) is 0.832. The van der Waals surface area contributed by atoms with Crippen molar-refractivity contribution in [1.29, 1.82) is 0 Å². The van der Waals surface area contributed by atoms with Crippen molar-refractivity contribution >= 4 is 17.7 Å². The van der Waals surface area contributed by atoms with Crippen molar-refractivity contribution in [2.45, 2.75) is 17.9 Å². The maximum Gasteiger partial charge on any atom is 0.252 e. The van der Waals surface area contributed by atoms with E-state index in [4.69, 9.17) is 4.42 Å². The number of nitrogens with one attached hydrogen (secondary N) is 1. The largest absolute Gasteiger partial charge is 0.464 e. The molecule has 2 N–H and O–H groups in total. The first-order chi connectivity index (χ1) is 9.61. The molecule has 0 saturated heterocycles. The Hall–Kier alpha value is -1.72. The molecule has 1 aromatic heterocycles. The van der Waals surface area contributed by atoms with Crippen molar-refractivity contribution in [3.8, 4) is 0 Å². The van der Waals surface area contributed by atoms with E-state index in [1.807, 2.05) is 31.4 Å². The van der Waals surface area contributed by atoms with Crippen molar-refractivity contribution in [3.05, 3.63) is 53.5 Å². The van der Waals surface area contributed by atoms with E-state index in [1.54, 1.807) is 18.2 Å². The molecule has 0 radical (unpaired) electrons. The van der Waals surface area contributed by atoms with Gasteiger partial charge in [0.1, 0.15) is 17.6 Å². The number of carbonyl (C=O) groups is 1. The van der Waals surface area contributed by atoms with Crippen LogP contribution in [0.25, 0.3) is 0 Å². The van der Waals surface area contributed by atoms with Crippen LogP contribution in [0, 0.1) is 6.92 Å². The van der Waals surface area contributed by atoms with Gasteiger partial charge in [0.2, 0.25) is 0 Å². The van der Waals surface area contributed by atoms with E-state index in [0.29, 0.717) is 11.3 Å². The summed E-state index contributed by atoms with van der Waals surface area (Å²) in [5.74, 6) is 0.997. The van der Waals surface area contributed by atoms with Gasteiger partial charge in [0, 0.05) is 4.90 Å². The number of aliphatic hydroxyl groups is 1. The molecule has 1 unspecified atom stereocenters. The van der Waals surface area contributed by atoms with Gasteiger partial charge in [-0.1, -0.05) is 12.1 Å². The maximum absolute atomic E-state index is 12.1. The van der Waals surface area contributed by atoms with Crippen molar-refractivity contribution in [1.82, 2.24) is 5.32 Å². The number of furan rings is 1. The molecule has 0 saturated carbocycles. The molecular formula is C15H17NO3S. The molecule has 0 aliphatic heterocycles. The Morgan fingerprint density at radius 3 is 2.75 bits per heavy atom. The molecule has 1 atom stereocenters. The van der Waals surface area contributed by atoms with E-state index >= 15 is 0 Å². The van der Waals surface area contributed by atoms with E-state index in [1.165, 1.54) is 11.8 Å². The molecule has 0 aliphatic rings. The lowest BCUT2D eigenvalue weighted by Gasteiger charge is -2.11. The molecule has 0 fully saturated rings.